The van der Waals surface area contributed by atoms with Crippen LogP contribution in [0.1, 0.15) is 43.6 Å². The van der Waals surface area contributed by atoms with E-state index >= 15 is 0 Å². The molecule has 0 amide bonds. The number of nitrogens with zero attached hydrogens (tertiary/aromatic N) is 1. The first-order valence-corrected chi connectivity index (χ1v) is 7.45. The van der Waals surface area contributed by atoms with Gasteiger partial charge in [0.1, 0.15) is 5.69 Å². The number of carbonyl (C=O) groups excluding carboxylic acids is 1. The molecule has 0 atom stereocenters. The number of fused-ring (bicyclic) bond motifs is 1. The Hall–Kier alpha value is -1.22. The zero-order valence-corrected chi connectivity index (χ0v) is 12.9. The normalized spacial score (nSPS) is 11.2. The number of ketones is 1. The standard InChI is InChI=1S/C16H18BrNO/c1-11(2)6-5-9-15(19)16-13(17)10-12-7-3-4-8-14(12)18-16/h3-4,7-8,10-11H,5-6,9H2,1-2H3. The van der Waals surface area contributed by atoms with Gasteiger partial charge in [-0.05, 0) is 40.4 Å². The minimum absolute atomic E-state index is 0.123. The number of benzene rings is 1. The molecule has 0 N–H and O–H groups in total. The van der Waals surface area contributed by atoms with Gasteiger partial charge < -0.3 is 0 Å². The maximum atomic E-state index is 12.2. The zero-order chi connectivity index (χ0) is 13.8. The first kappa shape index (κ1) is 14.2. The SMILES string of the molecule is CC(C)CCCC(=O)c1nc2ccccc2cc1Br. The molecule has 0 saturated heterocycles. The minimum Gasteiger partial charge on any atom is -0.292 e. The number of Topliss-reactive ketones (excluding diaryl/α,β-unsaturated/α-hetero) is 1. The van der Waals surface area contributed by atoms with Gasteiger partial charge in [0.25, 0.3) is 0 Å². The highest BCUT2D eigenvalue weighted by molar-refractivity contribution is 9.10. The molecule has 2 rings (SSSR count). The van der Waals surface area contributed by atoms with Crippen LogP contribution in [0, 0.1) is 5.92 Å². The van der Waals surface area contributed by atoms with Gasteiger partial charge in [0.15, 0.2) is 5.78 Å². The molecule has 0 spiro atoms. The molecule has 3 heteroatoms. The zero-order valence-electron chi connectivity index (χ0n) is 11.3. The van der Waals surface area contributed by atoms with Gasteiger partial charge >= 0.3 is 0 Å². The predicted molar refractivity (Wildman–Crippen MR) is 82.5 cm³/mol. The predicted octanol–water partition coefficient (Wildman–Crippen LogP) is 5.01. The Morgan fingerprint density at radius 1 is 1.32 bits per heavy atom. The van der Waals surface area contributed by atoms with E-state index in [9.17, 15) is 4.79 Å². The largest absolute Gasteiger partial charge is 0.292 e. The lowest BCUT2D eigenvalue weighted by Gasteiger charge is -2.06. The summed E-state index contributed by atoms with van der Waals surface area (Å²) in [7, 11) is 0. The summed E-state index contributed by atoms with van der Waals surface area (Å²) in [5.41, 5.74) is 1.43. The minimum atomic E-state index is 0.123. The van der Waals surface area contributed by atoms with Crippen molar-refractivity contribution >= 4 is 32.6 Å². The van der Waals surface area contributed by atoms with Crippen LogP contribution in [0.5, 0.6) is 0 Å². The lowest BCUT2D eigenvalue weighted by molar-refractivity contribution is 0.0973. The first-order valence-electron chi connectivity index (χ1n) is 6.66. The fourth-order valence-corrected chi connectivity index (χ4v) is 2.63. The van der Waals surface area contributed by atoms with Gasteiger partial charge in [0.05, 0.1) is 5.52 Å². The monoisotopic (exact) mass is 319 g/mol. The smallest absolute Gasteiger partial charge is 0.182 e. The number of hydrogen-bond donors (Lipinski definition) is 0. The summed E-state index contributed by atoms with van der Waals surface area (Å²) in [6, 6.07) is 9.82. The average molecular weight is 320 g/mol. The van der Waals surface area contributed by atoms with Crippen molar-refractivity contribution in [3.63, 3.8) is 0 Å². The summed E-state index contributed by atoms with van der Waals surface area (Å²) >= 11 is 3.46. The van der Waals surface area contributed by atoms with E-state index in [4.69, 9.17) is 0 Å². The van der Waals surface area contributed by atoms with Crippen molar-refractivity contribution in [3.05, 3.63) is 40.5 Å². The summed E-state index contributed by atoms with van der Waals surface area (Å²) in [6.45, 7) is 4.35. The summed E-state index contributed by atoms with van der Waals surface area (Å²) < 4.78 is 0.792. The van der Waals surface area contributed by atoms with E-state index in [1.54, 1.807) is 0 Å². The van der Waals surface area contributed by atoms with E-state index < -0.39 is 0 Å². The lowest BCUT2D eigenvalue weighted by Crippen LogP contribution is -2.04. The second kappa shape index (κ2) is 6.29. The highest BCUT2D eigenvalue weighted by atomic mass is 79.9. The Balaban J connectivity index is 2.19. The second-order valence-electron chi connectivity index (χ2n) is 5.22. The van der Waals surface area contributed by atoms with E-state index in [0.717, 1.165) is 28.2 Å². The number of halogens is 1. The topological polar surface area (TPSA) is 30.0 Å². The summed E-state index contributed by atoms with van der Waals surface area (Å²) in [6.07, 6.45) is 2.58. The molecule has 1 aromatic heterocycles. The molecule has 1 heterocycles. The van der Waals surface area contributed by atoms with Crippen molar-refractivity contribution < 1.29 is 4.79 Å². The molecule has 2 aromatic rings. The molecule has 0 unspecified atom stereocenters. The van der Waals surface area contributed by atoms with E-state index in [2.05, 4.69) is 34.8 Å². The van der Waals surface area contributed by atoms with Crippen molar-refractivity contribution in [1.29, 1.82) is 0 Å². The van der Waals surface area contributed by atoms with Crippen molar-refractivity contribution in [1.82, 2.24) is 4.98 Å². The Morgan fingerprint density at radius 2 is 2.05 bits per heavy atom. The van der Waals surface area contributed by atoms with Crippen LogP contribution in [0.25, 0.3) is 10.9 Å². The van der Waals surface area contributed by atoms with Crippen LogP contribution in [-0.2, 0) is 0 Å². The van der Waals surface area contributed by atoms with E-state index in [0.29, 0.717) is 18.0 Å². The molecule has 0 aliphatic heterocycles. The molecule has 0 saturated carbocycles. The Bertz CT molecular complexity index is 592. The van der Waals surface area contributed by atoms with Crippen LogP contribution >= 0.6 is 15.9 Å². The van der Waals surface area contributed by atoms with E-state index in [1.807, 2.05) is 30.3 Å². The van der Waals surface area contributed by atoms with Crippen molar-refractivity contribution in [2.24, 2.45) is 5.92 Å². The maximum absolute atomic E-state index is 12.2. The summed E-state index contributed by atoms with van der Waals surface area (Å²) in [5.74, 6) is 0.763. The van der Waals surface area contributed by atoms with Crippen LogP contribution in [0.3, 0.4) is 0 Å². The molecule has 2 nitrogen and oxygen atoms in total. The molecule has 0 bridgehead atoms. The average Bonchev–Trinajstić information content (AvgIpc) is 2.37. The van der Waals surface area contributed by atoms with Gasteiger partial charge in [0.2, 0.25) is 0 Å². The van der Waals surface area contributed by atoms with Crippen LogP contribution in [0.2, 0.25) is 0 Å². The van der Waals surface area contributed by atoms with Gasteiger partial charge in [-0.25, -0.2) is 4.98 Å². The fraction of sp³-hybridized carbons (Fsp3) is 0.375. The van der Waals surface area contributed by atoms with Crippen LogP contribution in [0.15, 0.2) is 34.8 Å². The third kappa shape index (κ3) is 3.63. The molecule has 0 aliphatic rings. The molecule has 100 valence electrons. The third-order valence-electron chi connectivity index (χ3n) is 3.13. The van der Waals surface area contributed by atoms with Crippen molar-refractivity contribution in [2.45, 2.75) is 33.1 Å². The lowest BCUT2D eigenvalue weighted by atomic mass is 10.0. The number of aromatic nitrogens is 1. The molecular formula is C16H18BrNO. The number of carbonyl (C=O) groups is 1. The number of pyridine rings is 1. The van der Waals surface area contributed by atoms with Crippen LogP contribution in [0.4, 0.5) is 0 Å². The van der Waals surface area contributed by atoms with Gasteiger partial charge in [0, 0.05) is 16.3 Å². The maximum Gasteiger partial charge on any atom is 0.182 e. The highest BCUT2D eigenvalue weighted by Crippen LogP contribution is 2.23. The Kier molecular flexibility index (Phi) is 4.70. The van der Waals surface area contributed by atoms with Gasteiger partial charge in [-0.1, -0.05) is 38.5 Å². The second-order valence-corrected chi connectivity index (χ2v) is 6.08. The third-order valence-corrected chi connectivity index (χ3v) is 3.73. The Morgan fingerprint density at radius 3 is 2.79 bits per heavy atom. The van der Waals surface area contributed by atoms with Gasteiger partial charge in [-0.15, -0.1) is 0 Å². The van der Waals surface area contributed by atoms with Crippen molar-refractivity contribution in [3.8, 4) is 0 Å². The number of rotatable bonds is 5. The molecule has 0 aliphatic carbocycles. The Labute approximate surface area is 122 Å². The van der Waals surface area contributed by atoms with E-state index in [1.165, 1.54) is 0 Å². The molecule has 1 aromatic carbocycles. The van der Waals surface area contributed by atoms with Crippen LogP contribution < -0.4 is 0 Å². The number of hydrogen-bond acceptors (Lipinski definition) is 2. The molecular weight excluding hydrogens is 302 g/mol. The van der Waals surface area contributed by atoms with Gasteiger partial charge in [-0.3, -0.25) is 4.79 Å². The molecule has 0 fully saturated rings. The molecule has 0 radical (unpaired) electrons. The van der Waals surface area contributed by atoms with E-state index in [-0.39, 0.29) is 5.78 Å². The molecule has 19 heavy (non-hydrogen) atoms. The number of para-hydroxylation sites is 1. The highest BCUT2D eigenvalue weighted by Gasteiger charge is 2.13. The van der Waals surface area contributed by atoms with Crippen molar-refractivity contribution in [2.75, 3.05) is 0 Å². The first-order chi connectivity index (χ1) is 9.08. The quantitative estimate of drug-likeness (QED) is 0.725. The fourth-order valence-electron chi connectivity index (χ4n) is 2.07. The van der Waals surface area contributed by atoms with Crippen LogP contribution in [-0.4, -0.2) is 10.8 Å². The summed E-state index contributed by atoms with van der Waals surface area (Å²) in [5, 5.41) is 1.05. The van der Waals surface area contributed by atoms with Gasteiger partial charge in [-0.2, -0.15) is 0 Å². The summed E-state index contributed by atoms with van der Waals surface area (Å²) in [4.78, 5) is 16.7.